The molecule has 0 aromatic heterocycles. The molecule has 1 aromatic rings. The summed E-state index contributed by atoms with van der Waals surface area (Å²) in [7, 11) is -6.02. The van der Waals surface area contributed by atoms with E-state index in [-0.39, 0.29) is 22.7 Å². The number of carbonyl (C=O) groups is 2. The molecular formula is C12H9F3N2O7S. The van der Waals surface area contributed by atoms with Crippen LogP contribution in [0.3, 0.4) is 0 Å². The van der Waals surface area contributed by atoms with E-state index in [4.69, 9.17) is 0 Å². The number of benzene rings is 1. The number of carbonyl (C=O) groups excluding carboxylic acids is 1. The van der Waals surface area contributed by atoms with Crippen LogP contribution >= 0.6 is 0 Å². The summed E-state index contributed by atoms with van der Waals surface area (Å²) in [5, 5.41) is 19.3. The predicted octanol–water partition coefficient (Wildman–Crippen LogP) is 1.22. The van der Waals surface area contributed by atoms with Crippen LogP contribution in [0.15, 0.2) is 18.2 Å². The van der Waals surface area contributed by atoms with Crippen molar-refractivity contribution < 1.29 is 45.7 Å². The van der Waals surface area contributed by atoms with Crippen LogP contribution in [0.2, 0.25) is 0 Å². The van der Waals surface area contributed by atoms with Crippen molar-refractivity contribution in [1.29, 1.82) is 0 Å². The first kappa shape index (κ1) is 17.3. The maximum atomic E-state index is 12.6. The second-order valence-corrected chi connectivity index (χ2v) is 6.82. The number of hydroxylamine groups is 2. The zero-order chi connectivity index (χ0) is 18.7. The van der Waals surface area contributed by atoms with Gasteiger partial charge in [-0.15, -0.1) is 0 Å². The van der Waals surface area contributed by atoms with E-state index in [1.165, 1.54) is 6.07 Å². The van der Waals surface area contributed by atoms with E-state index >= 15 is 0 Å². The first-order chi connectivity index (χ1) is 11.5. The lowest BCUT2D eigenvalue weighted by molar-refractivity contribution is -0.142. The molecule has 9 nitrogen and oxygen atoms in total. The fourth-order valence-corrected chi connectivity index (χ4v) is 3.34. The molecule has 1 aromatic carbocycles. The summed E-state index contributed by atoms with van der Waals surface area (Å²) in [6, 6.07) is -0.766. The van der Waals surface area contributed by atoms with Crippen LogP contribution in [0.1, 0.15) is 23.2 Å². The molecule has 3 rings (SSSR count). The van der Waals surface area contributed by atoms with Crippen LogP contribution in [-0.2, 0) is 14.9 Å². The van der Waals surface area contributed by atoms with Crippen molar-refractivity contribution in [2.24, 2.45) is 0 Å². The Kier molecular flexibility index (Phi) is 3.61. The maximum absolute atomic E-state index is 12.6. The number of halogens is 3. The third kappa shape index (κ3) is 2.46. The van der Waals surface area contributed by atoms with Gasteiger partial charge in [0.15, 0.2) is 6.04 Å². The number of amides is 2. The molecule has 0 saturated carbocycles. The van der Waals surface area contributed by atoms with Crippen molar-refractivity contribution in [3.8, 4) is 5.75 Å². The minimum absolute atomic E-state index is 0.134. The Labute approximate surface area is 137 Å². The number of hydrogen-bond donors (Lipinski definition) is 2. The van der Waals surface area contributed by atoms with E-state index < -0.39 is 45.5 Å². The molecule has 0 spiro atoms. The molecule has 0 aliphatic carbocycles. The molecule has 2 bridgehead atoms. The maximum Gasteiger partial charge on any atom is 0.534 e. The Hall–Kier alpha value is -2.54. The minimum Gasteiger partial charge on any atom is -0.479 e. The van der Waals surface area contributed by atoms with Crippen molar-refractivity contribution in [3.05, 3.63) is 29.3 Å². The van der Waals surface area contributed by atoms with Gasteiger partial charge in [-0.2, -0.15) is 26.7 Å². The quantitative estimate of drug-likeness (QED) is 0.458. The van der Waals surface area contributed by atoms with Gasteiger partial charge in [-0.1, -0.05) is 12.1 Å². The van der Waals surface area contributed by atoms with Gasteiger partial charge in [-0.3, -0.25) is 5.21 Å². The van der Waals surface area contributed by atoms with E-state index in [0.29, 0.717) is 0 Å². The van der Waals surface area contributed by atoms with Gasteiger partial charge in [0.2, 0.25) is 0 Å². The predicted molar refractivity (Wildman–Crippen MR) is 70.9 cm³/mol. The smallest absolute Gasteiger partial charge is 0.479 e. The molecule has 136 valence electrons. The van der Waals surface area contributed by atoms with Crippen molar-refractivity contribution in [1.82, 2.24) is 9.96 Å². The highest BCUT2D eigenvalue weighted by Crippen LogP contribution is 2.47. The largest absolute Gasteiger partial charge is 0.534 e. The number of aliphatic carboxylic acids is 1. The third-order valence-corrected chi connectivity index (χ3v) is 4.83. The van der Waals surface area contributed by atoms with Crippen molar-refractivity contribution in [3.63, 3.8) is 0 Å². The summed E-state index contributed by atoms with van der Waals surface area (Å²) in [5.41, 5.74) is -6.16. The Morgan fingerprint density at radius 3 is 2.52 bits per heavy atom. The molecular weight excluding hydrogens is 373 g/mol. The standard InChI is InChI=1S/C12H9F3N2O7S/c13-12(14,15)25(22,23)24-7-3-1-2-5-8(7)6-4-16(9(5)10(18)19)11(20)17(6)21/h1-3,6,9,21H,4H2,(H,18,19)/t6-,9?/m1/s1. The number of nitrogens with zero attached hydrogens (tertiary/aromatic N) is 2. The fourth-order valence-electron chi connectivity index (χ4n) is 2.86. The van der Waals surface area contributed by atoms with Gasteiger partial charge in [0, 0.05) is 5.56 Å². The van der Waals surface area contributed by atoms with Crippen molar-refractivity contribution in [2.75, 3.05) is 6.54 Å². The highest BCUT2D eigenvalue weighted by atomic mass is 32.2. The number of urea groups is 1. The highest BCUT2D eigenvalue weighted by molar-refractivity contribution is 7.88. The topological polar surface area (TPSA) is 124 Å². The summed E-state index contributed by atoms with van der Waals surface area (Å²) in [6.45, 7) is -0.355. The Balaban J connectivity index is 2.17. The lowest BCUT2D eigenvalue weighted by Gasteiger charge is -2.30. The normalized spacial score (nSPS) is 22.8. The molecule has 2 amide bonds. The van der Waals surface area contributed by atoms with Gasteiger partial charge >= 0.3 is 27.6 Å². The highest BCUT2D eigenvalue weighted by Gasteiger charge is 2.53. The molecule has 2 aliphatic heterocycles. The van der Waals surface area contributed by atoms with E-state index in [1.807, 2.05) is 0 Å². The van der Waals surface area contributed by atoms with E-state index in [2.05, 4.69) is 4.18 Å². The number of carboxylic acid groups (broad SMARTS) is 1. The van der Waals surface area contributed by atoms with Crippen LogP contribution < -0.4 is 4.18 Å². The average molecular weight is 382 g/mol. The van der Waals surface area contributed by atoms with Crippen LogP contribution in [0.4, 0.5) is 18.0 Å². The zero-order valence-corrected chi connectivity index (χ0v) is 12.8. The summed E-state index contributed by atoms with van der Waals surface area (Å²) in [4.78, 5) is 24.2. The van der Waals surface area contributed by atoms with Crippen LogP contribution in [0.5, 0.6) is 5.75 Å². The molecule has 2 atom stereocenters. The summed E-state index contributed by atoms with van der Waals surface area (Å²) >= 11 is 0. The number of alkyl halides is 3. The molecule has 13 heteroatoms. The van der Waals surface area contributed by atoms with Gasteiger partial charge < -0.3 is 14.2 Å². The van der Waals surface area contributed by atoms with Gasteiger partial charge in [0.05, 0.1) is 6.54 Å². The van der Waals surface area contributed by atoms with Crippen molar-refractivity contribution >= 4 is 22.1 Å². The van der Waals surface area contributed by atoms with Gasteiger partial charge in [-0.05, 0) is 11.6 Å². The first-order valence-corrected chi connectivity index (χ1v) is 8.01. The second kappa shape index (κ2) is 5.23. The lowest BCUT2D eigenvalue weighted by atomic mass is 9.90. The Morgan fingerprint density at radius 2 is 1.96 bits per heavy atom. The van der Waals surface area contributed by atoms with Crippen molar-refractivity contribution in [2.45, 2.75) is 17.6 Å². The minimum atomic E-state index is -6.02. The molecule has 2 aliphatic rings. The van der Waals surface area contributed by atoms with E-state index in [1.54, 1.807) is 0 Å². The zero-order valence-electron chi connectivity index (χ0n) is 12.0. The molecule has 0 radical (unpaired) electrons. The number of rotatable bonds is 3. The van der Waals surface area contributed by atoms with Crippen LogP contribution in [0.25, 0.3) is 0 Å². The molecule has 2 heterocycles. The monoisotopic (exact) mass is 382 g/mol. The SMILES string of the molecule is O=C(O)C1c2cccc(OS(=O)(=O)C(F)(F)F)c2[C@H]2CN1C(=O)N2O. The van der Waals surface area contributed by atoms with Gasteiger partial charge in [0.25, 0.3) is 0 Å². The number of carboxylic acids is 1. The average Bonchev–Trinajstić information content (AvgIpc) is 2.72. The number of hydrogen-bond acceptors (Lipinski definition) is 6. The first-order valence-electron chi connectivity index (χ1n) is 6.61. The molecule has 2 N–H and O–H groups in total. The Morgan fingerprint density at radius 1 is 1.32 bits per heavy atom. The van der Waals surface area contributed by atoms with Gasteiger partial charge in [0.1, 0.15) is 11.8 Å². The fraction of sp³-hybridized carbons (Fsp3) is 0.333. The third-order valence-electron chi connectivity index (χ3n) is 3.86. The molecule has 1 fully saturated rings. The van der Waals surface area contributed by atoms with E-state index in [0.717, 1.165) is 17.0 Å². The van der Waals surface area contributed by atoms with Gasteiger partial charge in [-0.25, -0.2) is 9.59 Å². The van der Waals surface area contributed by atoms with E-state index in [9.17, 15) is 41.5 Å². The number of fused-ring (bicyclic) bond motifs is 4. The van der Waals surface area contributed by atoms with Crippen LogP contribution in [0, 0.1) is 0 Å². The molecule has 1 saturated heterocycles. The molecule has 25 heavy (non-hydrogen) atoms. The summed E-state index contributed by atoms with van der Waals surface area (Å²) in [6.07, 6.45) is 0. The summed E-state index contributed by atoms with van der Waals surface area (Å²) in [5.74, 6) is -2.31. The second-order valence-electron chi connectivity index (χ2n) is 5.28. The summed E-state index contributed by atoms with van der Waals surface area (Å²) < 4.78 is 64.3. The Bertz CT molecular complexity index is 870. The van der Waals surface area contributed by atoms with Crippen LogP contribution in [-0.4, -0.2) is 52.7 Å². The lowest BCUT2D eigenvalue weighted by Crippen LogP contribution is -2.38. The molecule has 1 unspecified atom stereocenters.